The average Bonchev–Trinajstić information content (AvgIpc) is 3.91. The number of carbonyl (C=O) groups is 2. The van der Waals surface area contributed by atoms with Gasteiger partial charge in [0.15, 0.2) is 0 Å². The van der Waals surface area contributed by atoms with E-state index in [1.807, 2.05) is 6.20 Å². The van der Waals surface area contributed by atoms with Crippen LogP contribution in [0.3, 0.4) is 0 Å². The summed E-state index contributed by atoms with van der Waals surface area (Å²) in [6.45, 7) is 3.36. The maximum Gasteiger partial charge on any atom is 0.407 e. The Bertz CT molecular complexity index is 1890. The summed E-state index contributed by atoms with van der Waals surface area (Å²) in [6, 6.07) is 18.5. The molecule has 2 saturated heterocycles. The molecule has 2 aromatic heterocycles. The van der Waals surface area contributed by atoms with Crippen molar-refractivity contribution in [3.63, 3.8) is 0 Å². The number of ether oxygens (including phenoxy) is 2. The highest BCUT2D eigenvalue weighted by Gasteiger charge is 2.38. The topological polar surface area (TPSA) is 137 Å². The van der Waals surface area contributed by atoms with Crippen LogP contribution in [0, 0.1) is 0 Å². The number of nitrogens with zero attached hydrogens (tertiary/aromatic N) is 3. The van der Waals surface area contributed by atoms with E-state index in [0.717, 1.165) is 81.6 Å². The van der Waals surface area contributed by atoms with Crippen LogP contribution in [0.25, 0.3) is 44.2 Å². The first kappa shape index (κ1) is 29.9. The average molecular weight is 622 g/mol. The molecular formula is C35H39N7O4. The molecule has 0 spiro atoms. The summed E-state index contributed by atoms with van der Waals surface area (Å²) in [5.41, 5.74) is 6.23. The highest BCUT2D eigenvalue weighted by Crippen LogP contribution is 2.34. The van der Waals surface area contributed by atoms with E-state index in [9.17, 15) is 9.59 Å². The number of amides is 2. The molecule has 238 valence electrons. The van der Waals surface area contributed by atoms with Gasteiger partial charge in [-0.2, -0.15) is 0 Å². The minimum atomic E-state index is -0.869. The first-order chi connectivity index (χ1) is 22.4. The number of benzene rings is 3. The fourth-order valence-electron chi connectivity index (χ4n) is 6.73. The summed E-state index contributed by atoms with van der Waals surface area (Å²) in [5, 5.41) is 8.42. The molecule has 2 amide bonds. The van der Waals surface area contributed by atoms with E-state index in [0.29, 0.717) is 12.6 Å². The van der Waals surface area contributed by atoms with Crippen molar-refractivity contribution in [1.82, 2.24) is 35.5 Å². The van der Waals surface area contributed by atoms with Gasteiger partial charge in [0.1, 0.15) is 17.7 Å². The molecule has 2 aliphatic rings. The smallest absolute Gasteiger partial charge is 0.407 e. The number of hydrogen-bond acceptors (Lipinski definition) is 7. The fourth-order valence-corrected chi connectivity index (χ4v) is 6.73. The highest BCUT2D eigenvalue weighted by atomic mass is 16.5. The maximum atomic E-state index is 13.6. The Hall–Kier alpha value is -4.74. The second-order valence-corrected chi connectivity index (χ2v) is 12.2. The van der Waals surface area contributed by atoms with Crippen LogP contribution in [-0.4, -0.2) is 76.3 Å². The molecule has 0 bridgehead atoms. The van der Waals surface area contributed by atoms with E-state index >= 15 is 0 Å². The van der Waals surface area contributed by atoms with Gasteiger partial charge < -0.3 is 35.0 Å². The van der Waals surface area contributed by atoms with Gasteiger partial charge >= 0.3 is 6.09 Å². The van der Waals surface area contributed by atoms with Crippen LogP contribution in [0.2, 0.25) is 0 Å². The summed E-state index contributed by atoms with van der Waals surface area (Å²) in [7, 11) is 2.78. The van der Waals surface area contributed by atoms with Gasteiger partial charge in [-0.15, -0.1) is 0 Å². The van der Waals surface area contributed by atoms with Crippen LogP contribution in [0.4, 0.5) is 4.79 Å². The highest BCUT2D eigenvalue weighted by molar-refractivity contribution is 5.92. The van der Waals surface area contributed by atoms with E-state index in [4.69, 9.17) is 14.5 Å². The number of nitrogens with one attached hydrogen (secondary N) is 4. The predicted molar refractivity (Wildman–Crippen MR) is 176 cm³/mol. The van der Waals surface area contributed by atoms with Crippen molar-refractivity contribution in [2.45, 2.75) is 56.8 Å². The second kappa shape index (κ2) is 12.6. The van der Waals surface area contributed by atoms with Gasteiger partial charge in [0, 0.05) is 19.2 Å². The van der Waals surface area contributed by atoms with Crippen LogP contribution in [0.5, 0.6) is 0 Å². The summed E-state index contributed by atoms with van der Waals surface area (Å²) in [5.74, 6) is 1.52. The number of aromatic nitrogens is 4. The summed E-state index contributed by atoms with van der Waals surface area (Å²) in [6.07, 6.45) is 4.52. The van der Waals surface area contributed by atoms with Gasteiger partial charge in [-0.25, -0.2) is 14.8 Å². The quantitative estimate of drug-likeness (QED) is 0.177. The Morgan fingerprint density at radius 3 is 2.46 bits per heavy atom. The molecule has 7 rings (SSSR count). The lowest BCUT2D eigenvalue weighted by Gasteiger charge is -2.30. The van der Waals surface area contributed by atoms with E-state index < -0.39 is 18.2 Å². The monoisotopic (exact) mass is 621 g/mol. The number of carbonyl (C=O) groups excluding carboxylic acids is 2. The third kappa shape index (κ3) is 5.72. The molecule has 0 saturated carbocycles. The van der Waals surface area contributed by atoms with Gasteiger partial charge in [0.05, 0.1) is 48.2 Å². The molecule has 0 aliphatic carbocycles. The molecule has 4 heterocycles. The first-order valence-electron chi connectivity index (χ1n) is 15.9. The molecule has 4 atom stereocenters. The Labute approximate surface area is 267 Å². The number of methoxy groups -OCH3 is 2. The molecular weight excluding hydrogens is 582 g/mol. The summed E-state index contributed by atoms with van der Waals surface area (Å²) >= 11 is 0. The van der Waals surface area contributed by atoms with E-state index in [1.165, 1.54) is 20.6 Å². The summed E-state index contributed by atoms with van der Waals surface area (Å²) < 4.78 is 10.1. The number of alkyl carbamates (subject to hydrolysis) is 1. The second-order valence-electron chi connectivity index (χ2n) is 12.2. The Kier molecular flexibility index (Phi) is 8.18. The Morgan fingerprint density at radius 2 is 1.70 bits per heavy atom. The molecule has 2 aliphatic heterocycles. The lowest BCUT2D eigenvalue weighted by molar-refractivity contribution is -0.137. The van der Waals surface area contributed by atoms with Gasteiger partial charge in [0.2, 0.25) is 5.91 Å². The van der Waals surface area contributed by atoms with Crippen LogP contribution < -0.4 is 10.6 Å². The maximum absolute atomic E-state index is 13.6. The molecule has 0 unspecified atom stereocenters. The van der Waals surface area contributed by atoms with Gasteiger partial charge in [0.25, 0.3) is 0 Å². The molecule has 2 fully saturated rings. The van der Waals surface area contributed by atoms with E-state index in [1.54, 1.807) is 11.8 Å². The van der Waals surface area contributed by atoms with Crippen molar-refractivity contribution >= 4 is 33.8 Å². The molecule has 5 aromatic rings. The van der Waals surface area contributed by atoms with Crippen molar-refractivity contribution in [3.8, 4) is 22.4 Å². The zero-order chi connectivity index (χ0) is 31.8. The number of imidazole rings is 2. The standard InChI is InChI=1S/C35H39N7O4/c1-20(45-2)31(41-35(44)46-3)34(43)42-15-5-7-30(42)33-37-19-29(40-33)25-11-10-21-16-22(8-9-23(21)17-25)24-12-13-26-28(18-24)39-32(38-26)27-6-4-14-36-27/h8-13,16-20,27,30-31,36H,4-7,14-15H2,1-3H3,(H,37,40)(H,38,39)(H,41,44)/t20-,27+,30+,31+/m1/s1. The van der Waals surface area contributed by atoms with Gasteiger partial charge in [-0.3, -0.25) is 4.79 Å². The summed E-state index contributed by atoms with van der Waals surface area (Å²) in [4.78, 5) is 43.8. The third-order valence-electron chi connectivity index (χ3n) is 9.39. The Morgan fingerprint density at radius 1 is 0.935 bits per heavy atom. The van der Waals surface area contributed by atoms with Gasteiger partial charge in [-0.05, 0) is 85.3 Å². The zero-order valence-electron chi connectivity index (χ0n) is 26.3. The molecule has 46 heavy (non-hydrogen) atoms. The molecule has 3 aromatic carbocycles. The minimum absolute atomic E-state index is 0.223. The van der Waals surface area contributed by atoms with Crippen LogP contribution >= 0.6 is 0 Å². The third-order valence-corrected chi connectivity index (χ3v) is 9.39. The van der Waals surface area contributed by atoms with Crippen molar-refractivity contribution in [3.05, 3.63) is 72.4 Å². The number of H-pyrrole nitrogens is 2. The number of aromatic amines is 2. The zero-order valence-corrected chi connectivity index (χ0v) is 26.3. The number of hydrogen-bond donors (Lipinski definition) is 4. The van der Waals surface area contributed by atoms with Crippen LogP contribution in [0.15, 0.2) is 60.8 Å². The fraction of sp³-hybridized carbons (Fsp3) is 0.371. The van der Waals surface area contributed by atoms with Crippen molar-refractivity contribution in [1.29, 1.82) is 0 Å². The number of rotatable bonds is 8. The van der Waals surface area contributed by atoms with Crippen molar-refractivity contribution < 1.29 is 19.1 Å². The molecule has 11 heteroatoms. The predicted octanol–water partition coefficient (Wildman–Crippen LogP) is 5.62. The van der Waals surface area contributed by atoms with Crippen LogP contribution in [0.1, 0.15) is 56.3 Å². The largest absolute Gasteiger partial charge is 0.453 e. The first-order valence-corrected chi connectivity index (χ1v) is 15.9. The minimum Gasteiger partial charge on any atom is -0.453 e. The molecule has 11 nitrogen and oxygen atoms in total. The number of likely N-dealkylation sites (tertiary alicyclic amines) is 1. The Balaban J connectivity index is 1.10. The molecule has 0 radical (unpaired) electrons. The lowest BCUT2D eigenvalue weighted by Crippen LogP contribution is -2.54. The van der Waals surface area contributed by atoms with Gasteiger partial charge in [-0.1, -0.05) is 30.3 Å². The lowest BCUT2D eigenvalue weighted by atomic mass is 9.99. The van der Waals surface area contributed by atoms with Crippen molar-refractivity contribution in [2.75, 3.05) is 27.3 Å². The van der Waals surface area contributed by atoms with E-state index in [2.05, 4.69) is 80.2 Å². The SMILES string of the molecule is COC(=O)N[C@H](C(=O)N1CCC[C@H]1c1ncc(-c2ccc3cc(-c4ccc5nc([C@@H]6CCCN6)[nH]c5c4)ccc3c2)[nH]1)[C@@H](C)OC. The van der Waals surface area contributed by atoms with E-state index in [-0.39, 0.29) is 11.9 Å². The van der Waals surface area contributed by atoms with Crippen LogP contribution in [-0.2, 0) is 14.3 Å². The number of fused-ring (bicyclic) bond motifs is 2. The normalized spacial score (nSPS) is 19.5. The molecule has 4 N–H and O–H groups in total. The van der Waals surface area contributed by atoms with Crippen molar-refractivity contribution in [2.24, 2.45) is 0 Å².